The molecule has 5 nitrogen and oxygen atoms in total. The minimum atomic E-state index is -2.85. The van der Waals surface area contributed by atoms with Crippen LogP contribution in [-0.4, -0.2) is 16.6 Å². The number of H-pyrrole nitrogens is 2. The predicted octanol–water partition coefficient (Wildman–Crippen LogP) is 1.96. The lowest BCUT2D eigenvalue weighted by Crippen LogP contribution is -2.28. The van der Waals surface area contributed by atoms with Gasteiger partial charge in [-0.15, -0.1) is 11.8 Å². The molecule has 1 heterocycles. The minimum Gasteiger partial charge on any atom is -0.435 e. The fourth-order valence-electron chi connectivity index (χ4n) is 1.41. The molecule has 0 aliphatic rings. The first-order valence-electron chi connectivity index (χ1n) is 5.53. The Bertz CT molecular complexity index is 682. The van der Waals surface area contributed by atoms with Gasteiger partial charge in [-0.2, -0.15) is 8.78 Å². The number of hydrogen-bond acceptors (Lipinski definition) is 4. The molecular weight excluding hydrogens is 290 g/mol. The number of aromatic nitrogens is 2. The van der Waals surface area contributed by atoms with Gasteiger partial charge in [0.15, 0.2) is 0 Å². The van der Waals surface area contributed by atoms with Crippen molar-refractivity contribution in [3.05, 3.63) is 56.7 Å². The summed E-state index contributed by atoms with van der Waals surface area (Å²) in [6.07, 6.45) is 1.41. The third kappa shape index (κ3) is 3.95. The van der Waals surface area contributed by atoms with E-state index >= 15 is 0 Å². The Balaban J connectivity index is 1.98. The lowest BCUT2D eigenvalue weighted by Gasteiger charge is -2.05. The molecule has 0 unspecified atom stereocenters. The number of hydrogen-bond donors (Lipinski definition) is 2. The van der Waals surface area contributed by atoms with E-state index in [0.717, 1.165) is 5.56 Å². The third-order valence-electron chi connectivity index (χ3n) is 2.32. The molecule has 1 aromatic heterocycles. The van der Waals surface area contributed by atoms with Gasteiger partial charge >= 0.3 is 17.7 Å². The van der Waals surface area contributed by atoms with Crippen molar-refractivity contribution >= 4 is 11.8 Å². The lowest BCUT2D eigenvalue weighted by atomic mass is 10.2. The van der Waals surface area contributed by atoms with Gasteiger partial charge in [0.2, 0.25) is 0 Å². The Morgan fingerprint density at radius 3 is 2.45 bits per heavy atom. The first-order chi connectivity index (χ1) is 9.54. The Morgan fingerprint density at radius 2 is 1.85 bits per heavy atom. The number of thioether (sulfide) groups is 1. The van der Waals surface area contributed by atoms with Gasteiger partial charge in [0.1, 0.15) is 5.75 Å². The van der Waals surface area contributed by atoms with Gasteiger partial charge in [-0.25, -0.2) is 0 Å². The van der Waals surface area contributed by atoms with Crippen molar-refractivity contribution in [2.45, 2.75) is 17.4 Å². The van der Waals surface area contributed by atoms with E-state index in [9.17, 15) is 18.4 Å². The number of rotatable bonds is 5. The summed E-state index contributed by atoms with van der Waals surface area (Å²) in [5, 5.41) is 0.516. The highest BCUT2D eigenvalue weighted by Gasteiger charge is 2.04. The monoisotopic (exact) mass is 300 g/mol. The summed E-state index contributed by atoms with van der Waals surface area (Å²) in [7, 11) is 0. The van der Waals surface area contributed by atoms with Crippen molar-refractivity contribution in [1.82, 2.24) is 9.97 Å². The van der Waals surface area contributed by atoms with Crippen molar-refractivity contribution in [1.29, 1.82) is 0 Å². The summed E-state index contributed by atoms with van der Waals surface area (Å²) in [5.41, 5.74) is -0.554. The Morgan fingerprint density at radius 1 is 1.15 bits per heavy atom. The Labute approximate surface area is 116 Å². The molecule has 8 heteroatoms. The topological polar surface area (TPSA) is 75.0 Å². The van der Waals surface area contributed by atoms with Gasteiger partial charge in [-0.1, -0.05) is 12.1 Å². The molecule has 0 bridgehead atoms. The molecule has 0 saturated heterocycles. The SMILES string of the molecule is O=c1[nH]cc(SCc2ccc(OC(F)F)cc2)[nH]c1=O. The Kier molecular flexibility index (Phi) is 4.57. The summed E-state index contributed by atoms with van der Waals surface area (Å²) in [4.78, 5) is 26.7. The normalized spacial score (nSPS) is 10.8. The van der Waals surface area contributed by atoms with Crippen LogP contribution >= 0.6 is 11.8 Å². The van der Waals surface area contributed by atoms with Crippen LogP contribution in [0, 0.1) is 0 Å². The van der Waals surface area contributed by atoms with E-state index in [1.165, 1.54) is 30.1 Å². The zero-order chi connectivity index (χ0) is 14.5. The number of nitrogens with one attached hydrogen (secondary N) is 2. The van der Waals surface area contributed by atoms with Gasteiger partial charge in [-0.05, 0) is 17.7 Å². The van der Waals surface area contributed by atoms with Gasteiger partial charge in [-0.3, -0.25) is 9.59 Å². The summed E-state index contributed by atoms with van der Waals surface area (Å²) in [6, 6.07) is 6.18. The van der Waals surface area contributed by atoms with Gasteiger partial charge < -0.3 is 14.7 Å². The van der Waals surface area contributed by atoms with Crippen molar-refractivity contribution in [2.75, 3.05) is 0 Å². The highest BCUT2D eigenvalue weighted by atomic mass is 32.2. The maximum Gasteiger partial charge on any atom is 0.387 e. The maximum absolute atomic E-state index is 12.0. The molecule has 0 aliphatic carbocycles. The summed E-state index contributed by atoms with van der Waals surface area (Å²) in [6.45, 7) is -2.85. The van der Waals surface area contributed by atoms with E-state index in [4.69, 9.17) is 0 Å². The predicted molar refractivity (Wildman–Crippen MR) is 70.3 cm³/mol. The highest BCUT2D eigenvalue weighted by molar-refractivity contribution is 7.98. The molecule has 2 N–H and O–H groups in total. The highest BCUT2D eigenvalue weighted by Crippen LogP contribution is 2.21. The average molecular weight is 300 g/mol. The lowest BCUT2D eigenvalue weighted by molar-refractivity contribution is -0.0498. The molecule has 2 rings (SSSR count). The van der Waals surface area contributed by atoms with Crippen molar-refractivity contribution in [2.24, 2.45) is 0 Å². The van der Waals surface area contributed by atoms with Crippen molar-refractivity contribution in [3.63, 3.8) is 0 Å². The zero-order valence-electron chi connectivity index (χ0n) is 10.1. The third-order valence-corrected chi connectivity index (χ3v) is 3.33. The summed E-state index contributed by atoms with van der Waals surface area (Å²) in [5.74, 6) is 0.600. The van der Waals surface area contributed by atoms with E-state index in [0.29, 0.717) is 10.8 Å². The molecule has 0 fully saturated rings. The first kappa shape index (κ1) is 14.3. The Hall–Kier alpha value is -2.09. The number of alkyl halides is 2. The number of halogens is 2. The van der Waals surface area contributed by atoms with Crippen molar-refractivity contribution < 1.29 is 13.5 Å². The quantitative estimate of drug-likeness (QED) is 0.654. The van der Waals surface area contributed by atoms with Crippen LogP contribution in [0.5, 0.6) is 5.75 Å². The standard InChI is InChI=1S/C12H10F2N2O3S/c13-12(14)19-8-3-1-7(2-4-8)6-20-9-5-15-10(17)11(18)16-9/h1-5,12H,6H2,(H,15,17)(H,16,18). The molecule has 0 amide bonds. The van der Waals surface area contributed by atoms with Gasteiger partial charge in [0.05, 0.1) is 5.03 Å². The van der Waals surface area contributed by atoms with Crippen LogP contribution in [-0.2, 0) is 5.75 Å². The fraction of sp³-hybridized carbons (Fsp3) is 0.167. The fourth-order valence-corrected chi connectivity index (χ4v) is 2.23. The average Bonchev–Trinajstić information content (AvgIpc) is 2.41. The summed E-state index contributed by atoms with van der Waals surface area (Å²) < 4.78 is 28.2. The molecule has 0 radical (unpaired) electrons. The smallest absolute Gasteiger partial charge is 0.387 e. The van der Waals surface area contributed by atoms with Gasteiger partial charge in [0, 0.05) is 11.9 Å². The molecule has 20 heavy (non-hydrogen) atoms. The van der Waals surface area contributed by atoms with Crippen LogP contribution in [0.4, 0.5) is 8.78 Å². The molecule has 0 saturated carbocycles. The second kappa shape index (κ2) is 6.38. The molecule has 0 aliphatic heterocycles. The minimum absolute atomic E-state index is 0.0891. The van der Waals surface area contributed by atoms with Crippen molar-refractivity contribution in [3.8, 4) is 5.75 Å². The molecular formula is C12H10F2N2O3S. The van der Waals surface area contributed by atoms with Gasteiger partial charge in [0.25, 0.3) is 0 Å². The van der Waals surface area contributed by atoms with Crippen LogP contribution in [0.2, 0.25) is 0 Å². The van der Waals surface area contributed by atoms with Crippen LogP contribution in [0.1, 0.15) is 5.56 Å². The van der Waals surface area contributed by atoms with E-state index in [2.05, 4.69) is 14.7 Å². The number of ether oxygens (including phenoxy) is 1. The second-order valence-electron chi connectivity index (χ2n) is 3.75. The number of benzene rings is 1. The van der Waals surface area contributed by atoms with Crippen LogP contribution in [0.3, 0.4) is 0 Å². The second-order valence-corrected chi connectivity index (χ2v) is 4.76. The maximum atomic E-state index is 12.0. The zero-order valence-corrected chi connectivity index (χ0v) is 10.9. The molecule has 0 spiro atoms. The van der Waals surface area contributed by atoms with E-state index in [1.807, 2.05) is 0 Å². The van der Waals surface area contributed by atoms with E-state index in [1.54, 1.807) is 12.1 Å². The van der Waals surface area contributed by atoms with Crippen LogP contribution in [0.25, 0.3) is 0 Å². The first-order valence-corrected chi connectivity index (χ1v) is 6.52. The van der Waals surface area contributed by atoms with Crippen LogP contribution in [0.15, 0.2) is 45.1 Å². The van der Waals surface area contributed by atoms with E-state index in [-0.39, 0.29) is 5.75 Å². The molecule has 0 atom stereocenters. The number of aromatic amines is 2. The molecule has 2 aromatic rings. The largest absolute Gasteiger partial charge is 0.435 e. The molecule has 106 valence electrons. The van der Waals surface area contributed by atoms with E-state index < -0.39 is 17.7 Å². The molecule has 1 aromatic carbocycles. The van der Waals surface area contributed by atoms with Crippen LogP contribution < -0.4 is 15.9 Å². The summed E-state index contributed by atoms with van der Waals surface area (Å²) >= 11 is 1.30.